The number of aromatic nitrogens is 3. The van der Waals surface area contributed by atoms with Gasteiger partial charge in [0.25, 0.3) is 0 Å². The van der Waals surface area contributed by atoms with E-state index in [-0.39, 0.29) is 11.8 Å². The molecule has 2 heterocycles. The molecule has 1 aliphatic heterocycles. The topological polar surface area (TPSA) is 69.0 Å². The number of benzene rings is 3. The molecule has 2 aliphatic rings. The van der Waals surface area contributed by atoms with Gasteiger partial charge in [-0.25, -0.2) is 4.68 Å². The largest absolute Gasteiger partial charge is 0.489 e. The molecule has 1 unspecified atom stereocenters. The van der Waals surface area contributed by atoms with E-state index in [0.717, 1.165) is 46.6 Å². The van der Waals surface area contributed by atoms with Gasteiger partial charge in [0.2, 0.25) is 5.95 Å². The van der Waals surface area contributed by atoms with Crippen LogP contribution in [0.4, 0.5) is 5.95 Å². The van der Waals surface area contributed by atoms with Gasteiger partial charge in [-0.05, 0) is 67.1 Å². The van der Waals surface area contributed by atoms with Crippen LogP contribution in [0, 0.1) is 13.8 Å². The second kappa shape index (κ2) is 9.11. The van der Waals surface area contributed by atoms with Crippen molar-refractivity contribution in [2.75, 3.05) is 5.32 Å². The van der Waals surface area contributed by atoms with Gasteiger partial charge in [-0.3, -0.25) is 4.79 Å². The van der Waals surface area contributed by atoms with Gasteiger partial charge in [-0.1, -0.05) is 54.6 Å². The molecule has 1 aromatic heterocycles. The van der Waals surface area contributed by atoms with Crippen molar-refractivity contribution in [3.63, 3.8) is 0 Å². The second-order valence-corrected chi connectivity index (χ2v) is 9.55. The Morgan fingerprint density at radius 1 is 0.972 bits per heavy atom. The summed E-state index contributed by atoms with van der Waals surface area (Å²) in [6.45, 7) is 4.67. The van der Waals surface area contributed by atoms with Gasteiger partial charge < -0.3 is 10.1 Å². The molecule has 0 saturated heterocycles. The highest BCUT2D eigenvalue weighted by atomic mass is 16.5. The van der Waals surface area contributed by atoms with Crippen molar-refractivity contribution < 1.29 is 9.53 Å². The van der Waals surface area contributed by atoms with E-state index >= 15 is 0 Å². The molecule has 0 saturated carbocycles. The lowest BCUT2D eigenvalue weighted by Crippen LogP contribution is -2.31. The van der Waals surface area contributed by atoms with Crippen LogP contribution in [0.15, 0.2) is 84.1 Å². The molecular weight excluding hydrogens is 448 g/mol. The minimum absolute atomic E-state index is 0.165. The molecule has 180 valence electrons. The highest BCUT2D eigenvalue weighted by Crippen LogP contribution is 2.41. The number of carbonyl (C=O) groups excluding carboxylic acids is 1. The molecule has 1 atom stereocenters. The maximum atomic E-state index is 13.2. The van der Waals surface area contributed by atoms with E-state index < -0.39 is 0 Å². The van der Waals surface area contributed by atoms with Crippen LogP contribution in [0.3, 0.4) is 0 Å². The number of anilines is 1. The Balaban J connectivity index is 1.40. The Morgan fingerprint density at radius 3 is 2.67 bits per heavy atom. The van der Waals surface area contributed by atoms with Crippen molar-refractivity contribution in [3.05, 3.63) is 106 Å². The number of fused-ring (bicyclic) bond motifs is 1. The van der Waals surface area contributed by atoms with E-state index in [4.69, 9.17) is 14.8 Å². The molecule has 4 aromatic rings. The lowest BCUT2D eigenvalue weighted by Gasteiger charge is -2.32. The number of carbonyl (C=O) groups is 1. The fraction of sp³-hybridized carbons (Fsp3) is 0.233. The van der Waals surface area contributed by atoms with Gasteiger partial charge in [-0.15, -0.1) is 5.10 Å². The minimum atomic E-state index is -0.350. The van der Waals surface area contributed by atoms with E-state index in [9.17, 15) is 4.79 Å². The Bertz CT molecular complexity index is 1490. The van der Waals surface area contributed by atoms with E-state index in [1.807, 2.05) is 59.3 Å². The standard InChI is InChI=1S/C30H28N4O2/c1-19-14-15-23(16-20(19)2)29-32-30-31-25-12-7-13-26(35)27(25)28(34(30)33-29)22-10-6-11-24(17-22)36-18-21-8-4-3-5-9-21/h3-6,8-11,14-17,28H,7,12-13,18H2,1-2H3,(H,31,32,33). The lowest BCUT2D eigenvalue weighted by atomic mass is 9.85. The van der Waals surface area contributed by atoms with Crippen molar-refractivity contribution >= 4 is 11.7 Å². The molecule has 0 bridgehead atoms. The molecule has 6 nitrogen and oxygen atoms in total. The van der Waals surface area contributed by atoms with E-state index in [0.29, 0.717) is 24.8 Å². The Labute approximate surface area is 210 Å². The Morgan fingerprint density at radius 2 is 1.83 bits per heavy atom. The first-order valence-electron chi connectivity index (χ1n) is 12.4. The number of hydrogen-bond acceptors (Lipinski definition) is 5. The summed E-state index contributed by atoms with van der Waals surface area (Å²) in [4.78, 5) is 18.0. The minimum Gasteiger partial charge on any atom is -0.489 e. The van der Waals surface area contributed by atoms with Gasteiger partial charge >= 0.3 is 0 Å². The molecule has 0 radical (unpaired) electrons. The molecule has 1 N–H and O–H groups in total. The second-order valence-electron chi connectivity index (χ2n) is 9.55. The molecule has 6 rings (SSSR count). The SMILES string of the molecule is Cc1ccc(-c2nc3n(n2)C(c2cccc(OCc4ccccc4)c2)C2=C(CCCC2=O)N3)cc1C. The summed E-state index contributed by atoms with van der Waals surface area (Å²) in [6, 6.07) is 24.0. The van der Waals surface area contributed by atoms with Gasteiger partial charge in [0.05, 0.1) is 0 Å². The van der Waals surface area contributed by atoms with Gasteiger partial charge in [-0.2, -0.15) is 4.98 Å². The monoisotopic (exact) mass is 476 g/mol. The smallest absolute Gasteiger partial charge is 0.226 e. The highest BCUT2D eigenvalue weighted by Gasteiger charge is 2.37. The van der Waals surface area contributed by atoms with Gasteiger partial charge in [0, 0.05) is 23.3 Å². The number of hydrogen-bond donors (Lipinski definition) is 1. The maximum absolute atomic E-state index is 13.2. The number of ketones is 1. The van der Waals surface area contributed by atoms with Crippen LogP contribution in [-0.4, -0.2) is 20.5 Å². The molecule has 3 aromatic carbocycles. The van der Waals surface area contributed by atoms with Gasteiger partial charge in [0.1, 0.15) is 18.4 Å². The fourth-order valence-corrected chi connectivity index (χ4v) is 4.98. The number of rotatable bonds is 5. The van der Waals surface area contributed by atoms with Crippen molar-refractivity contribution in [1.29, 1.82) is 0 Å². The van der Waals surface area contributed by atoms with Crippen molar-refractivity contribution in [2.45, 2.75) is 45.8 Å². The Kier molecular flexibility index (Phi) is 5.64. The van der Waals surface area contributed by atoms with Crippen LogP contribution in [0.2, 0.25) is 0 Å². The van der Waals surface area contributed by atoms with Crippen molar-refractivity contribution in [1.82, 2.24) is 14.8 Å². The molecule has 1 aliphatic carbocycles. The third-order valence-electron chi connectivity index (χ3n) is 7.06. The molecular formula is C30H28N4O2. The zero-order chi connectivity index (χ0) is 24.6. The lowest BCUT2D eigenvalue weighted by molar-refractivity contribution is -0.116. The summed E-state index contributed by atoms with van der Waals surface area (Å²) in [5.74, 6) is 2.24. The first kappa shape index (κ1) is 22.3. The highest BCUT2D eigenvalue weighted by molar-refractivity contribution is 5.99. The predicted octanol–water partition coefficient (Wildman–Crippen LogP) is 6.16. The van der Waals surface area contributed by atoms with Crippen LogP contribution < -0.4 is 10.1 Å². The quantitative estimate of drug-likeness (QED) is 0.373. The number of nitrogens with zero attached hydrogens (tertiary/aromatic N) is 3. The van der Waals surface area contributed by atoms with Gasteiger partial charge in [0.15, 0.2) is 11.6 Å². The molecule has 0 fully saturated rings. The molecule has 6 heteroatoms. The molecule has 0 spiro atoms. The van der Waals surface area contributed by atoms with Crippen LogP contribution >= 0.6 is 0 Å². The predicted molar refractivity (Wildman–Crippen MR) is 140 cm³/mol. The first-order chi connectivity index (χ1) is 17.6. The number of allylic oxidation sites excluding steroid dienone is 2. The number of ether oxygens (including phenoxy) is 1. The first-order valence-corrected chi connectivity index (χ1v) is 12.4. The van der Waals surface area contributed by atoms with Crippen LogP contribution in [-0.2, 0) is 11.4 Å². The summed E-state index contributed by atoms with van der Waals surface area (Å²) in [6.07, 6.45) is 2.22. The Hall–Kier alpha value is -4.19. The number of nitrogens with one attached hydrogen (secondary N) is 1. The number of Topliss-reactive ketones (excluding diaryl/α,β-unsaturated/α-hetero) is 1. The summed E-state index contributed by atoms with van der Waals surface area (Å²) < 4.78 is 7.98. The average molecular weight is 477 g/mol. The van der Waals surface area contributed by atoms with Crippen molar-refractivity contribution in [2.24, 2.45) is 0 Å². The average Bonchev–Trinajstić information content (AvgIpc) is 3.32. The third-order valence-corrected chi connectivity index (χ3v) is 7.06. The van der Waals surface area contributed by atoms with E-state index in [1.165, 1.54) is 11.1 Å². The van der Waals surface area contributed by atoms with Crippen LogP contribution in [0.5, 0.6) is 5.75 Å². The zero-order valence-electron chi connectivity index (χ0n) is 20.5. The van der Waals surface area contributed by atoms with Crippen molar-refractivity contribution in [3.8, 4) is 17.1 Å². The fourth-order valence-electron chi connectivity index (χ4n) is 4.98. The summed E-state index contributed by atoms with van der Waals surface area (Å²) >= 11 is 0. The van der Waals surface area contributed by atoms with Crippen LogP contribution in [0.1, 0.15) is 47.6 Å². The molecule has 0 amide bonds. The maximum Gasteiger partial charge on any atom is 0.226 e. The zero-order valence-corrected chi connectivity index (χ0v) is 20.5. The van der Waals surface area contributed by atoms with E-state index in [2.05, 4.69) is 37.4 Å². The summed E-state index contributed by atoms with van der Waals surface area (Å²) in [5.41, 5.74) is 7.19. The van der Waals surface area contributed by atoms with Crippen LogP contribution in [0.25, 0.3) is 11.4 Å². The summed E-state index contributed by atoms with van der Waals surface area (Å²) in [7, 11) is 0. The number of aryl methyl sites for hydroxylation is 2. The third kappa shape index (κ3) is 4.09. The summed E-state index contributed by atoms with van der Waals surface area (Å²) in [5, 5.41) is 8.34. The normalized spacial score (nSPS) is 16.8. The molecule has 36 heavy (non-hydrogen) atoms. The van der Waals surface area contributed by atoms with E-state index in [1.54, 1.807) is 0 Å².